The van der Waals surface area contributed by atoms with Crippen LogP contribution in [-0.2, 0) is 6.18 Å². The Morgan fingerprint density at radius 2 is 2.08 bits per heavy atom. The molecule has 1 heterocycles. The predicted molar refractivity (Wildman–Crippen MR) is 43.8 cm³/mol. The molecule has 1 N–H and O–H groups in total. The van der Waals surface area contributed by atoms with Crippen molar-refractivity contribution in [3.05, 3.63) is 23.0 Å². The topological polar surface area (TPSA) is 24.9 Å². The lowest BCUT2D eigenvalue weighted by Crippen LogP contribution is -2.09. The molecule has 0 spiro atoms. The minimum Gasteiger partial charge on any atom is -0.387 e. The molecule has 6 heteroatoms. The molecule has 0 fully saturated rings. The fourth-order valence-corrected chi connectivity index (χ4v) is 1.06. The van der Waals surface area contributed by atoms with Gasteiger partial charge < -0.3 is 5.32 Å². The van der Waals surface area contributed by atoms with E-state index >= 15 is 0 Å². The third-order valence-electron chi connectivity index (χ3n) is 1.40. The van der Waals surface area contributed by atoms with E-state index in [0.29, 0.717) is 5.69 Å². The normalized spacial score (nSPS) is 11.5. The van der Waals surface area contributed by atoms with E-state index in [1.54, 1.807) is 7.05 Å². The molecule has 0 aliphatic heterocycles. The van der Waals surface area contributed by atoms with Gasteiger partial charge in [-0.25, -0.2) is 4.98 Å². The SMILES string of the molecule is CNc1cnc(C(F)(F)F)c(Cl)c1. The Morgan fingerprint density at radius 1 is 1.46 bits per heavy atom. The van der Waals surface area contributed by atoms with E-state index in [9.17, 15) is 13.2 Å². The fourth-order valence-electron chi connectivity index (χ4n) is 0.783. The summed E-state index contributed by atoms with van der Waals surface area (Å²) in [4.78, 5) is 3.20. The molecule has 1 aromatic heterocycles. The summed E-state index contributed by atoms with van der Waals surface area (Å²) in [6, 6.07) is 1.18. The summed E-state index contributed by atoms with van der Waals surface area (Å²) >= 11 is 5.37. The van der Waals surface area contributed by atoms with Crippen molar-refractivity contribution in [3.8, 4) is 0 Å². The van der Waals surface area contributed by atoms with Crippen LogP contribution in [0.3, 0.4) is 0 Å². The van der Waals surface area contributed by atoms with Gasteiger partial charge in [0.15, 0.2) is 5.69 Å². The molecular weight excluding hydrogens is 205 g/mol. The number of halogens is 4. The highest BCUT2D eigenvalue weighted by atomic mass is 35.5. The van der Waals surface area contributed by atoms with Crippen molar-refractivity contribution in [2.24, 2.45) is 0 Å². The van der Waals surface area contributed by atoms with Gasteiger partial charge in [-0.3, -0.25) is 0 Å². The highest BCUT2D eigenvalue weighted by molar-refractivity contribution is 6.31. The van der Waals surface area contributed by atoms with Crippen LogP contribution in [0.2, 0.25) is 5.02 Å². The Hall–Kier alpha value is -0.970. The second-order valence-electron chi connectivity index (χ2n) is 2.30. The molecule has 0 saturated heterocycles. The van der Waals surface area contributed by atoms with Gasteiger partial charge in [0, 0.05) is 7.05 Å². The molecule has 0 unspecified atom stereocenters. The molecule has 0 aromatic carbocycles. The minimum absolute atomic E-state index is 0.403. The zero-order chi connectivity index (χ0) is 10.1. The lowest BCUT2D eigenvalue weighted by molar-refractivity contribution is -0.141. The van der Waals surface area contributed by atoms with Crippen molar-refractivity contribution < 1.29 is 13.2 Å². The molecule has 2 nitrogen and oxygen atoms in total. The first-order valence-corrected chi connectivity index (χ1v) is 3.73. The van der Waals surface area contributed by atoms with E-state index in [0.717, 1.165) is 6.20 Å². The van der Waals surface area contributed by atoms with Crippen molar-refractivity contribution in [2.75, 3.05) is 12.4 Å². The second-order valence-corrected chi connectivity index (χ2v) is 2.71. The molecule has 0 atom stereocenters. The summed E-state index contributed by atoms with van der Waals surface area (Å²) in [5.74, 6) is 0. The third-order valence-corrected chi connectivity index (χ3v) is 1.69. The Balaban J connectivity index is 3.13. The molecule has 0 aliphatic rings. The lowest BCUT2D eigenvalue weighted by Gasteiger charge is -2.08. The highest BCUT2D eigenvalue weighted by Gasteiger charge is 2.35. The van der Waals surface area contributed by atoms with Gasteiger partial charge >= 0.3 is 6.18 Å². The fraction of sp³-hybridized carbons (Fsp3) is 0.286. The van der Waals surface area contributed by atoms with E-state index < -0.39 is 16.9 Å². The van der Waals surface area contributed by atoms with Gasteiger partial charge in [0.05, 0.1) is 16.9 Å². The van der Waals surface area contributed by atoms with E-state index in [4.69, 9.17) is 11.6 Å². The van der Waals surface area contributed by atoms with Crippen LogP contribution in [0.1, 0.15) is 5.69 Å². The maximum Gasteiger partial charge on any atom is 0.434 e. The standard InChI is InChI=1S/C7H6ClF3N2/c1-12-4-2-5(8)6(13-3-4)7(9,10)11/h2-3,12H,1H3. The molecule has 0 radical (unpaired) electrons. The molecule has 1 aromatic rings. The zero-order valence-corrected chi connectivity index (χ0v) is 7.37. The molecule has 0 bridgehead atoms. The average molecular weight is 211 g/mol. The number of aromatic nitrogens is 1. The number of alkyl halides is 3. The van der Waals surface area contributed by atoms with E-state index in [-0.39, 0.29) is 0 Å². The highest BCUT2D eigenvalue weighted by Crippen LogP contribution is 2.33. The van der Waals surface area contributed by atoms with Crippen LogP contribution in [0.5, 0.6) is 0 Å². The summed E-state index contributed by atoms with van der Waals surface area (Å²) in [7, 11) is 1.57. The maximum atomic E-state index is 12.1. The van der Waals surface area contributed by atoms with Crippen molar-refractivity contribution in [1.29, 1.82) is 0 Å². The summed E-state index contributed by atoms with van der Waals surface area (Å²) in [6.07, 6.45) is -3.42. The number of hydrogen-bond donors (Lipinski definition) is 1. The molecule has 0 amide bonds. The first-order valence-electron chi connectivity index (χ1n) is 3.35. The summed E-state index contributed by atoms with van der Waals surface area (Å²) < 4.78 is 36.4. The number of hydrogen-bond acceptors (Lipinski definition) is 2. The van der Waals surface area contributed by atoms with E-state index in [1.807, 2.05) is 0 Å². The van der Waals surface area contributed by atoms with Crippen LogP contribution >= 0.6 is 11.6 Å². The van der Waals surface area contributed by atoms with Crippen molar-refractivity contribution >= 4 is 17.3 Å². The maximum absolute atomic E-state index is 12.1. The van der Waals surface area contributed by atoms with E-state index in [2.05, 4.69) is 10.3 Å². The number of pyridine rings is 1. The monoisotopic (exact) mass is 210 g/mol. The van der Waals surface area contributed by atoms with Gasteiger partial charge in [-0.05, 0) is 6.07 Å². The number of nitrogens with one attached hydrogen (secondary N) is 1. The van der Waals surface area contributed by atoms with Gasteiger partial charge in [0.25, 0.3) is 0 Å². The summed E-state index contributed by atoms with van der Waals surface area (Å²) in [6.45, 7) is 0. The molecular formula is C7H6ClF3N2. The Morgan fingerprint density at radius 3 is 2.46 bits per heavy atom. The first-order chi connectivity index (χ1) is 5.95. The van der Waals surface area contributed by atoms with Crippen molar-refractivity contribution in [2.45, 2.75) is 6.18 Å². The second kappa shape index (κ2) is 3.41. The van der Waals surface area contributed by atoms with Gasteiger partial charge in [-0.2, -0.15) is 13.2 Å². The van der Waals surface area contributed by atoms with Crippen LogP contribution < -0.4 is 5.32 Å². The van der Waals surface area contributed by atoms with Gasteiger partial charge in [0.1, 0.15) is 0 Å². The minimum atomic E-state index is -4.50. The molecule has 13 heavy (non-hydrogen) atoms. The Kier molecular flexibility index (Phi) is 2.66. The Bertz CT molecular complexity index is 311. The van der Waals surface area contributed by atoms with E-state index in [1.165, 1.54) is 6.07 Å². The first kappa shape index (κ1) is 10.1. The predicted octanol–water partition coefficient (Wildman–Crippen LogP) is 2.80. The zero-order valence-electron chi connectivity index (χ0n) is 6.61. The molecule has 0 aliphatic carbocycles. The van der Waals surface area contributed by atoms with Gasteiger partial charge in [0.2, 0.25) is 0 Å². The quantitative estimate of drug-likeness (QED) is 0.771. The average Bonchev–Trinajstić information content (AvgIpc) is 2.01. The largest absolute Gasteiger partial charge is 0.434 e. The lowest BCUT2D eigenvalue weighted by atomic mass is 10.3. The molecule has 72 valence electrons. The summed E-state index contributed by atoms with van der Waals surface area (Å²) in [5, 5.41) is 2.23. The van der Waals surface area contributed by atoms with Crippen molar-refractivity contribution in [1.82, 2.24) is 4.98 Å². The molecule has 1 rings (SSSR count). The number of anilines is 1. The molecule has 0 saturated carbocycles. The van der Waals surface area contributed by atoms with Crippen LogP contribution in [0.25, 0.3) is 0 Å². The Labute approximate surface area is 77.7 Å². The smallest absolute Gasteiger partial charge is 0.387 e. The van der Waals surface area contributed by atoms with Crippen LogP contribution in [-0.4, -0.2) is 12.0 Å². The van der Waals surface area contributed by atoms with Gasteiger partial charge in [-0.15, -0.1) is 0 Å². The third kappa shape index (κ3) is 2.24. The van der Waals surface area contributed by atoms with Crippen LogP contribution in [0.15, 0.2) is 12.3 Å². The van der Waals surface area contributed by atoms with Crippen LogP contribution in [0, 0.1) is 0 Å². The van der Waals surface area contributed by atoms with Gasteiger partial charge in [-0.1, -0.05) is 11.6 Å². The summed E-state index contributed by atoms with van der Waals surface area (Å²) in [5.41, 5.74) is -0.619. The van der Waals surface area contributed by atoms with Crippen LogP contribution in [0.4, 0.5) is 18.9 Å². The van der Waals surface area contributed by atoms with Crippen molar-refractivity contribution in [3.63, 3.8) is 0 Å². The number of rotatable bonds is 1. The number of nitrogens with zero attached hydrogens (tertiary/aromatic N) is 1.